The topological polar surface area (TPSA) is 117 Å². The molecule has 1 saturated heterocycles. The Balaban J connectivity index is 0.000000427. The number of halogens is 1. The van der Waals surface area contributed by atoms with Crippen molar-refractivity contribution in [3.05, 3.63) is 64.7 Å². The van der Waals surface area contributed by atoms with Gasteiger partial charge in [-0.1, -0.05) is 18.2 Å². The molecule has 8 nitrogen and oxygen atoms in total. The van der Waals surface area contributed by atoms with Crippen LogP contribution < -0.4 is 15.6 Å². The molecule has 32 heavy (non-hydrogen) atoms. The van der Waals surface area contributed by atoms with Crippen LogP contribution in [0.3, 0.4) is 0 Å². The number of aromatic nitrogens is 2. The van der Waals surface area contributed by atoms with Crippen LogP contribution in [0.1, 0.15) is 25.3 Å². The van der Waals surface area contributed by atoms with E-state index in [9.17, 15) is 9.18 Å². The molecule has 0 amide bonds. The summed E-state index contributed by atoms with van der Waals surface area (Å²) in [5, 5.41) is 22.6. The largest absolute Gasteiger partial charge is 0.539 e. The Kier molecular flexibility index (Phi) is 7.32. The molecule has 2 atom stereocenters. The van der Waals surface area contributed by atoms with Crippen LogP contribution in [0.15, 0.2) is 53.3 Å². The maximum absolute atomic E-state index is 13.4. The summed E-state index contributed by atoms with van der Waals surface area (Å²) < 4.78 is 15.0. The van der Waals surface area contributed by atoms with Crippen LogP contribution in [-0.2, 0) is 9.59 Å². The Hall–Kier alpha value is -3.59. The Labute approximate surface area is 183 Å². The number of hydrogen-bond donors (Lipinski definition) is 2. The summed E-state index contributed by atoms with van der Waals surface area (Å²) in [4.78, 5) is 32.6. The molecule has 168 valence electrons. The minimum Gasteiger partial charge on any atom is -0.539 e. The maximum atomic E-state index is 13.4. The van der Waals surface area contributed by atoms with E-state index in [4.69, 9.17) is 24.9 Å². The van der Waals surface area contributed by atoms with Gasteiger partial charge in [-0.05, 0) is 43.2 Å². The number of carboxylic acids is 2. The fourth-order valence-corrected chi connectivity index (χ4v) is 3.84. The highest BCUT2D eigenvalue weighted by Gasteiger charge is 2.22. The number of nitrogens with one attached hydrogen (secondary N) is 1. The van der Waals surface area contributed by atoms with Crippen LogP contribution >= 0.6 is 0 Å². The summed E-state index contributed by atoms with van der Waals surface area (Å²) in [7, 11) is 2.20. The highest BCUT2D eigenvalue weighted by atomic mass is 19.1. The van der Waals surface area contributed by atoms with Crippen molar-refractivity contribution in [3.63, 3.8) is 0 Å². The lowest BCUT2D eigenvalue weighted by Gasteiger charge is -2.18. The summed E-state index contributed by atoms with van der Waals surface area (Å²) >= 11 is 0. The molecule has 9 heteroatoms. The number of quaternary nitrogens is 1. The lowest BCUT2D eigenvalue weighted by Crippen LogP contribution is -3.08. The van der Waals surface area contributed by atoms with Crippen molar-refractivity contribution in [1.82, 2.24) is 9.78 Å². The van der Waals surface area contributed by atoms with Gasteiger partial charge in [0.2, 0.25) is 0 Å². The second kappa shape index (κ2) is 10.1. The average molecular weight is 441 g/mol. The third kappa shape index (κ3) is 5.36. The van der Waals surface area contributed by atoms with E-state index in [1.54, 1.807) is 16.8 Å². The number of carbonyl (C=O) groups is 2. The lowest BCUT2D eigenvalue weighted by molar-refractivity contribution is -0.878. The van der Waals surface area contributed by atoms with Gasteiger partial charge < -0.3 is 19.9 Å². The average Bonchev–Trinajstić information content (AvgIpc) is 3.00. The van der Waals surface area contributed by atoms with Crippen molar-refractivity contribution >= 4 is 22.7 Å². The van der Waals surface area contributed by atoms with Crippen LogP contribution in [-0.4, -0.2) is 47.0 Å². The van der Waals surface area contributed by atoms with Gasteiger partial charge >= 0.3 is 5.97 Å². The zero-order chi connectivity index (χ0) is 23.3. The molecular formula is C23H24FN3O5. The Bertz CT molecular complexity index is 1160. The fourth-order valence-electron chi connectivity index (χ4n) is 3.84. The number of hydrogen-bond acceptors (Lipinski definition) is 5. The van der Waals surface area contributed by atoms with Crippen LogP contribution in [0.2, 0.25) is 0 Å². The number of nitrogens with zero attached hydrogens (tertiary/aromatic N) is 2. The van der Waals surface area contributed by atoms with E-state index in [1.807, 2.05) is 24.3 Å². The van der Waals surface area contributed by atoms with Gasteiger partial charge in [0.15, 0.2) is 5.97 Å². The van der Waals surface area contributed by atoms with E-state index in [2.05, 4.69) is 7.05 Å². The van der Waals surface area contributed by atoms with Gasteiger partial charge in [0.05, 0.1) is 37.3 Å². The minimum absolute atomic E-state index is 0.0315. The Morgan fingerprint density at radius 3 is 2.34 bits per heavy atom. The third-order valence-electron chi connectivity index (χ3n) is 5.51. The van der Waals surface area contributed by atoms with Crippen LogP contribution in [0.25, 0.3) is 22.0 Å². The first-order valence-corrected chi connectivity index (χ1v) is 10.3. The van der Waals surface area contributed by atoms with Crippen molar-refractivity contribution in [2.45, 2.75) is 25.3 Å². The molecule has 3 aromatic rings. The van der Waals surface area contributed by atoms with E-state index in [0.717, 1.165) is 49.0 Å². The monoisotopic (exact) mass is 441 g/mol. The predicted octanol–water partition coefficient (Wildman–Crippen LogP) is 0.263. The Morgan fingerprint density at radius 1 is 1.09 bits per heavy atom. The molecule has 0 saturated carbocycles. The summed E-state index contributed by atoms with van der Waals surface area (Å²) in [5.74, 6) is -4.29. The third-order valence-corrected chi connectivity index (χ3v) is 5.51. The number of fused-ring (bicyclic) bond motifs is 1. The molecule has 2 N–H and O–H groups in total. The highest BCUT2D eigenvalue weighted by Crippen LogP contribution is 2.26. The first kappa shape index (κ1) is 23.1. The molecule has 1 fully saturated rings. The van der Waals surface area contributed by atoms with E-state index in [-0.39, 0.29) is 17.4 Å². The van der Waals surface area contributed by atoms with E-state index >= 15 is 0 Å². The number of carboxylic acid groups (broad SMARTS) is 2. The molecule has 1 aliphatic rings. The van der Waals surface area contributed by atoms with Gasteiger partial charge in [-0.25, -0.2) is 13.9 Å². The molecule has 1 aromatic heterocycles. The second-order valence-corrected chi connectivity index (χ2v) is 7.79. The van der Waals surface area contributed by atoms with Gasteiger partial charge in [0.1, 0.15) is 5.82 Å². The zero-order valence-electron chi connectivity index (χ0n) is 17.6. The SMILES string of the molecule is C[NH+]1CCCC(n2nc(-c3ccc(F)cc3)c3ccccc3c2=O)CC1.O=C([O-])C(=O)O. The van der Waals surface area contributed by atoms with Gasteiger partial charge in [0, 0.05) is 17.4 Å². The predicted molar refractivity (Wildman–Crippen MR) is 114 cm³/mol. The number of rotatable bonds is 2. The smallest absolute Gasteiger partial charge is 0.351 e. The molecule has 1 aliphatic heterocycles. The van der Waals surface area contributed by atoms with Crippen molar-refractivity contribution in [2.24, 2.45) is 0 Å². The molecule has 2 unspecified atom stereocenters. The number of benzene rings is 2. The van der Waals surface area contributed by atoms with Crippen LogP contribution in [0.4, 0.5) is 4.39 Å². The van der Waals surface area contributed by atoms with Crippen LogP contribution in [0.5, 0.6) is 0 Å². The molecule has 4 rings (SSSR count). The standard InChI is InChI=1S/C21H22FN3O.C2H2O4/c1-24-13-4-5-17(12-14-24)25-21(26)19-7-3-2-6-18(19)20(23-25)15-8-10-16(22)11-9-15;3-1(4)2(5)6/h2-3,6-11,17H,4-5,12-14H2,1H3;(H,3,4)(H,5,6). The van der Waals surface area contributed by atoms with Gasteiger partial charge in [0.25, 0.3) is 5.56 Å². The number of likely N-dealkylation sites (tertiary alicyclic amines) is 1. The highest BCUT2D eigenvalue weighted by molar-refractivity contribution is 6.26. The first-order chi connectivity index (χ1) is 15.3. The summed E-state index contributed by atoms with van der Waals surface area (Å²) in [6.07, 6.45) is 2.99. The minimum atomic E-state index is -2.07. The summed E-state index contributed by atoms with van der Waals surface area (Å²) in [6.45, 7) is 2.17. The second-order valence-electron chi connectivity index (χ2n) is 7.79. The first-order valence-electron chi connectivity index (χ1n) is 10.3. The molecule has 0 spiro atoms. The Morgan fingerprint density at radius 2 is 1.72 bits per heavy atom. The van der Waals surface area contributed by atoms with Crippen molar-refractivity contribution in [2.75, 3.05) is 20.1 Å². The summed E-state index contributed by atoms with van der Waals surface area (Å²) in [5.41, 5.74) is 1.54. The van der Waals surface area contributed by atoms with Crippen molar-refractivity contribution in [1.29, 1.82) is 0 Å². The molecule has 0 bridgehead atoms. The molecule has 2 heterocycles. The molecule has 0 radical (unpaired) electrons. The van der Waals surface area contributed by atoms with Gasteiger partial charge in [-0.15, -0.1) is 0 Å². The maximum Gasteiger partial charge on any atom is 0.351 e. The normalized spacial score (nSPS) is 18.3. The number of carbonyl (C=O) groups excluding carboxylic acids is 1. The fraction of sp³-hybridized carbons (Fsp3) is 0.304. The van der Waals surface area contributed by atoms with E-state index in [0.29, 0.717) is 5.39 Å². The molecular weight excluding hydrogens is 417 g/mol. The van der Waals surface area contributed by atoms with Crippen molar-refractivity contribution < 1.29 is 29.1 Å². The zero-order valence-corrected chi connectivity index (χ0v) is 17.6. The molecule has 2 aromatic carbocycles. The van der Waals surface area contributed by atoms with Crippen LogP contribution in [0, 0.1) is 5.82 Å². The quantitative estimate of drug-likeness (QED) is 0.551. The van der Waals surface area contributed by atoms with E-state index < -0.39 is 11.9 Å². The molecule has 0 aliphatic carbocycles. The van der Waals surface area contributed by atoms with Gasteiger partial charge in [-0.3, -0.25) is 4.79 Å². The van der Waals surface area contributed by atoms with E-state index in [1.165, 1.54) is 17.0 Å². The van der Waals surface area contributed by atoms with Gasteiger partial charge in [-0.2, -0.15) is 5.10 Å². The number of aliphatic carboxylic acids is 2. The van der Waals surface area contributed by atoms with Crippen molar-refractivity contribution in [3.8, 4) is 11.3 Å². The summed E-state index contributed by atoms with van der Waals surface area (Å²) in [6, 6.07) is 14.0. The lowest BCUT2D eigenvalue weighted by atomic mass is 10.0.